The van der Waals surface area contributed by atoms with Crippen LogP contribution in [0.25, 0.3) is 10.9 Å². The molecule has 0 aliphatic heterocycles. The third kappa shape index (κ3) is 3.29. The number of hydrogen-bond acceptors (Lipinski definition) is 1. The van der Waals surface area contributed by atoms with E-state index in [0.717, 1.165) is 34.3 Å². The fourth-order valence-electron chi connectivity index (χ4n) is 2.91. The van der Waals surface area contributed by atoms with Gasteiger partial charge in [-0.3, -0.25) is 4.79 Å². The van der Waals surface area contributed by atoms with Crippen LogP contribution in [-0.4, -0.2) is 10.9 Å². The molecule has 0 saturated heterocycles. The number of nitrogens with one attached hydrogen (secondary N) is 2. The van der Waals surface area contributed by atoms with E-state index >= 15 is 0 Å². The molecule has 3 heteroatoms. The zero-order valence-electron chi connectivity index (χ0n) is 13.9. The van der Waals surface area contributed by atoms with Crippen LogP contribution in [0.5, 0.6) is 0 Å². The van der Waals surface area contributed by atoms with Crippen LogP contribution in [0.2, 0.25) is 0 Å². The number of amides is 1. The first-order valence-electron chi connectivity index (χ1n) is 8.03. The van der Waals surface area contributed by atoms with Gasteiger partial charge in [-0.15, -0.1) is 0 Å². The quantitative estimate of drug-likeness (QED) is 0.731. The summed E-state index contributed by atoms with van der Waals surface area (Å²) in [4.78, 5) is 15.7. The molecule has 23 heavy (non-hydrogen) atoms. The Kier molecular flexibility index (Phi) is 4.20. The number of aromatic amines is 1. The molecule has 1 heterocycles. The molecular formula is C20H22N2O. The van der Waals surface area contributed by atoms with Gasteiger partial charge in [0.15, 0.2) is 0 Å². The number of rotatable bonds is 4. The second-order valence-corrected chi connectivity index (χ2v) is 6.05. The van der Waals surface area contributed by atoms with Gasteiger partial charge in [-0.2, -0.15) is 0 Å². The first kappa shape index (κ1) is 15.3. The maximum Gasteiger partial charge on any atom is 0.228 e. The van der Waals surface area contributed by atoms with Gasteiger partial charge in [-0.1, -0.05) is 30.7 Å². The van der Waals surface area contributed by atoms with Gasteiger partial charge >= 0.3 is 0 Å². The minimum Gasteiger partial charge on any atom is -0.358 e. The highest BCUT2D eigenvalue weighted by atomic mass is 16.1. The van der Waals surface area contributed by atoms with Crippen LogP contribution in [0.15, 0.2) is 42.5 Å². The Bertz CT molecular complexity index is 844. The van der Waals surface area contributed by atoms with Gasteiger partial charge < -0.3 is 10.3 Å². The molecule has 0 fully saturated rings. The lowest BCUT2D eigenvalue weighted by atomic mass is 10.1. The molecule has 2 aromatic carbocycles. The minimum atomic E-state index is 0.0137. The van der Waals surface area contributed by atoms with Crippen molar-refractivity contribution < 1.29 is 4.79 Å². The van der Waals surface area contributed by atoms with Crippen molar-refractivity contribution in [2.75, 3.05) is 5.32 Å². The van der Waals surface area contributed by atoms with E-state index in [9.17, 15) is 4.79 Å². The first-order valence-corrected chi connectivity index (χ1v) is 8.03. The van der Waals surface area contributed by atoms with Crippen LogP contribution >= 0.6 is 0 Å². The molecule has 0 saturated carbocycles. The van der Waals surface area contributed by atoms with Crippen molar-refractivity contribution in [3.8, 4) is 0 Å². The van der Waals surface area contributed by atoms with Gasteiger partial charge in [0.2, 0.25) is 5.91 Å². The van der Waals surface area contributed by atoms with E-state index in [1.54, 1.807) is 0 Å². The summed E-state index contributed by atoms with van der Waals surface area (Å²) in [6.45, 7) is 6.21. The molecule has 3 nitrogen and oxygen atoms in total. The molecule has 0 radical (unpaired) electrons. The SMILES string of the molecule is CCc1ccc(NC(=O)Cc2c(C)[nH]c3ccc(C)cc23)cc1. The fraction of sp³-hybridized carbons (Fsp3) is 0.250. The third-order valence-corrected chi connectivity index (χ3v) is 4.26. The van der Waals surface area contributed by atoms with Crippen molar-refractivity contribution >= 4 is 22.5 Å². The number of fused-ring (bicyclic) bond motifs is 1. The van der Waals surface area contributed by atoms with Gasteiger partial charge in [0.05, 0.1) is 6.42 Å². The highest BCUT2D eigenvalue weighted by Crippen LogP contribution is 2.24. The second-order valence-electron chi connectivity index (χ2n) is 6.05. The Morgan fingerprint density at radius 1 is 1.09 bits per heavy atom. The van der Waals surface area contributed by atoms with Crippen molar-refractivity contribution in [2.45, 2.75) is 33.6 Å². The van der Waals surface area contributed by atoms with Gasteiger partial charge in [0, 0.05) is 22.3 Å². The lowest BCUT2D eigenvalue weighted by molar-refractivity contribution is -0.115. The molecule has 0 aliphatic rings. The van der Waals surface area contributed by atoms with Gasteiger partial charge in [0.25, 0.3) is 0 Å². The molecule has 0 aliphatic carbocycles. The zero-order valence-corrected chi connectivity index (χ0v) is 13.9. The lowest BCUT2D eigenvalue weighted by Crippen LogP contribution is -2.14. The summed E-state index contributed by atoms with van der Waals surface area (Å²) < 4.78 is 0. The standard InChI is InChI=1S/C20H22N2O/c1-4-15-6-8-16(9-7-15)22-20(23)12-17-14(3)21-19-10-5-13(2)11-18(17)19/h5-11,21H,4,12H2,1-3H3,(H,22,23). The van der Waals surface area contributed by atoms with Crippen LogP contribution in [0.3, 0.4) is 0 Å². The van der Waals surface area contributed by atoms with E-state index in [4.69, 9.17) is 0 Å². The third-order valence-electron chi connectivity index (χ3n) is 4.26. The van der Waals surface area contributed by atoms with Crippen molar-refractivity contribution in [3.63, 3.8) is 0 Å². The summed E-state index contributed by atoms with van der Waals surface area (Å²) in [7, 11) is 0. The van der Waals surface area contributed by atoms with Crippen LogP contribution in [0.1, 0.15) is 29.3 Å². The average Bonchev–Trinajstić information content (AvgIpc) is 2.84. The van der Waals surface area contributed by atoms with Crippen molar-refractivity contribution in [1.29, 1.82) is 0 Å². The summed E-state index contributed by atoms with van der Waals surface area (Å²) in [5.74, 6) is 0.0137. The Hall–Kier alpha value is -2.55. The van der Waals surface area contributed by atoms with Gasteiger partial charge in [-0.25, -0.2) is 0 Å². The summed E-state index contributed by atoms with van der Waals surface area (Å²) in [5.41, 5.74) is 6.54. The number of aromatic nitrogens is 1. The predicted molar refractivity (Wildman–Crippen MR) is 95.9 cm³/mol. The largest absolute Gasteiger partial charge is 0.358 e. The molecule has 2 N–H and O–H groups in total. The number of benzene rings is 2. The second kappa shape index (κ2) is 6.29. The fourth-order valence-corrected chi connectivity index (χ4v) is 2.91. The summed E-state index contributed by atoms with van der Waals surface area (Å²) in [5, 5.41) is 4.12. The van der Waals surface area contributed by atoms with Crippen LogP contribution in [-0.2, 0) is 17.6 Å². The van der Waals surface area contributed by atoms with Crippen molar-refractivity contribution in [1.82, 2.24) is 4.98 Å². The summed E-state index contributed by atoms with van der Waals surface area (Å²) >= 11 is 0. The molecular weight excluding hydrogens is 284 g/mol. The predicted octanol–water partition coefficient (Wildman–Crippen LogP) is 4.53. The molecule has 3 aromatic rings. The Morgan fingerprint density at radius 2 is 1.83 bits per heavy atom. The maximum absolute atomic E-state index is 12.4. The number of aryl methyl sites for hydroxylation is 3. The first-order chi connectivity index (χ1) is 11.1. The van der Waals surface area contributed by atoms with E-state index in [1.807, 2.05) is 19.1 Å². The minimum absolute atomic E-state index is 0.0137. The molecule has 1 aromatic heterocycles. The van der Waals surface area contributed by atoms with E-state index in [0.29, 0.717) is 6.42 Å². The van der Waals surface area contributed by atoms with Crippen LogP contribution in [0.4, 0.5) is 5.69 Å². The van der Waals surface area contributed by atoms with E-state index in [2.05, 4.69) is 54.5 Å². The van der Waals surface area contributed by atoms with Gasteiger partial charge in [-0.05, 0) is 55.7 Å². The molecule has 3 rings (SSSR count). The summed E-state index contributed by atoms with van der Waals surface area (Å²) in [6.07, 6.45) is 1.38. The van der Waals surface area contributed by atoms with Crippen molar-refractivity contribution in [3.05, 3.63) is 64.8 Å². The Morgan fingerprint density at radius 3 is 2.52 bits per heavy atom. The average molecular weight is 306 g/mol. The van der Waals surface area contributed by atoms with Crippen LogP contribution in [0, 0.1) is 13.8 Å². The Labute approximate surface area is 136 Å². The molecule has 0 unspecified atom stereocenters. The lowest BCUT2D eigenvalue weighted by Gasteiger charge is -2.07. The maximum atomic E-state index is 12.4. The normalized spacial score (nSPS) is 10.9. The van der Waals surface area contributed by atoms with E-state index < -0.39 is 0 Å². The molecule has 0 bridgehead atoms. The number of hydrogen-bond donors (Lipinski definition) is 2. The smallest absolute Gasteiger partial charge is 0.228 e. The summed E-state index contributed by atoms with van der Waals surface area (Å²) in [6, 6.07) is 14.3. The Balaban J connectivity index is 1.79. The highest BCUT2D eigenvalue weighted by molar-refractivity contribution is 5.96. The molecule has 0 atom stereocenters. The monoisotopic (exact) mass is 306 g/mol. The molecule has 0 spiro atoms. The number of carbonyl (C=O) groups excluding carboxylic acids is 1. The van der Waals surface area contributed by atoms with Gasteiger partial charge in [0.1, 0.15) is 0 Å². The van der Waals surface area contributed by atoms with Crippen molar-refractivity contribution in [2.24, 2.45) is 0 Å². The van der Waals surface area contributed by atoms with E-state index in [-0.39, 0.29) is 5.91 Å². The topological polar surface area (TPSA) is 44.9 Å². The zero-order chi connectivity index (χ0) is 16.4. The van der Waals surface area contributed by atoms with Crippen LogP contribution < -0.4 is 5.32 Å². The molecule has 1 amide bonds. The molecule has 118 valence electrons. The highest BCUT2D eigenvalue weighted by Gasteiger charge is 2.12. The number of anilines is 1. The number of H-pyrrole nitrogens is 1. The van der Waals surface area contributed by atoms with E-state index in [1.165, 1.54) is 11.1 Å². The number of carbonyl (C=O) groups is 1.